The maximum Gasteiger partial charge on any atom is 0.239 e. The van der Waals surface area contributed by atoms with Gasteiger partial charge in [-0.05, 0) is 19.8 Å². The molecule has 0 radical (unpaired) electrons. The molecule has 1 aromatic rings. The van der Waals surface area contributed by atoms with Crippen molar-refractivity contribution in [2.75, 3.05) is 13.1 Å². The van der Waals surface area contributed by atoms with Gasteiger partial charge in [0.05, 0.1) is 6.04 Å². The number of nitrogens with two attached hydrogens (primary N) is 1. The van der Waals surface area contributed by atoms with Gasteiger partial charge in [0.15, 0.2) is 0 Å². The lowest BCUT2D eigenvalue weighted by molar-refractivity contribution is -0.133. The zero-order chi connectivity index (χ0) is 11.5. The summed E-state index contributed by atoms with van der Waals surface area (Å²) in [4.78, 5) is 20.9. The zero-order valence-corrected chi connectivity index (χ0v) is 12.0. The minimum absolute atomic E-state index is 0. The molecule has 0 spiro atoms. The van der Waals surface area contributed by atoms with E-state index in [2.05, 4.69) is 9.97 Å². The molecule has 2 rings (SSSR count). The molecular weight excluding hydrogens is 275 g/mol. The van der Waals surface area contributed by atoms with Gasteiger partial charge < -0.3 is 15.6 Å². The highest BCUT2D eigenvalue weighted by atomic mass is 35.5. The van der Waals surface area contributed by atoms with Crippen LogP contribution < -0.4 is 5.73 Å². The normalized spacial score (nSPS) is 17.6. The van der Waals surface area contributed by atoms with Crippen molar-refractivity contribution in [3.8, 4) is 0 Å². The lowest BCUT2D eigenvalue weighted by Crippen LogP contribution is -2.45. The van der Waals surface area contributed by atoms with E-state index in [1.807, 2.05) is 11.1 Å². The minimum atomic E-state index is -0.389. The highest BCUT2D eigenvalue weighted by molar-refractivity contribution is 5.85. The van der Waals surface area contributed by atoms with Crippen LogP contribution in [0.25, 0.3) is 0 Å². The summed E-state index contributed by atoms with van der Waals surface area (Å²) in [5, 5.41) is 0. The number of hydrogen-bond acceptors (Lipinski definition) is 3. The summed E-state index contributed by atoms with van der Waals surface area (Å²) in [6, 6.07) is -0.389. The van der Waals surface area contributed by atoms with Crippen LogP contribution in [0.1, 0.15) is 31.5 Å². The van der Waals surface area contributed by atoms with Crippen LogP contribution in [0.3, 0.4) is 0 Å². The molecular formula is C11H20Cl2N4O. The van der Waals surface area contributed by atoms with E-state index in [0.717, 1.165) is 31.8 Å². The van der Waals surface area contributed by atoms with E-state index in [9.17, 15) is 4.79 Å². The molecule has 5 nitrogen and oxygen atoms in total. The monoisotopic (exact) mass is 294 g/mol. The largest absolute Gasteiger partial charge is 0.348 e. The Kier molecular flexibility index (Phi) is 7.28. The Labute approximate surface area is 119 Å². The predicted octanol–water partition coefficient (Wildman–Crippen LogP) is 1.31. The highest BCUT2D eigenvalue weighted by Crippen LogP contribution is 2.25. The molecule has 1 aliphatic heterocycles. The lowest BCUT2D eigenvalue weighted by Gasteiger charge is -2.32. The van der Waals surface area contributed by atoms with Crippen molar-refractivity contribution in [3.05, 3.63) is 18.2 Å². The van der Waals surface area contributed by atoms with Crippen LogP contribution in [0.5, 0.6) is 0 Å². The number of amides is 1. The van der Waals surface area contributed by atoms with Crippen LogP contribution >= 0.6 is 24.8 Å². The molecule has 1 saturated heterocycles. The van der Waals surface area contributed by atoms with Crippen molar-refractivity contribution in [2.24, 2.45) is 5.73 Å². The molecule has 7 heteroatoms. The fourth-order valence-electron chi connectivity index (χ4n) is 2.16. The highest BCUT2D eigenvalue weighted by Gasteiger charge is 2.26. The van der Waals surface area contributed by atoms with Gasteiger partial charge in [-0.3, -0.25) is 4.79 Å². The second-order valence-electron chi connectivity index (χ2n) is 4.36. The number of likely N-dealkylation sites (tertiary alicyclic amines) is 1. The Balaban J connectivity index is 0.00000144. The van der Waals surface area contributed by atoms with E-state index in [0.29, 0.717) is 5.92 Å². The number of hydrogen-bond donors (Lipinski definition) is 2. The Morgan fingerprint density at radius 2 is 2.11 bits per heavy atom. The summed E-state index contributed by atoms with van der Waals surface area (Å²) < 4.78 is 0. The van der Waals surface area contributed by atoms with Crippen molar-refractivity contribution in [1.82, 2.24) is 14.9 Å². The summed E-state index contributed by atoms with van der Waals surface area (Å²) in [5.74, 6) is 1.54. The molecule has 1 fully saturated rings. The van der Waals surface area contributed by atoms with Crippen molar-refractivity contribution in [3.63, 3.8) is 0 Å². The van der Waals surface area contributed by atoms with Gasteiger partial charge in [0.25, 0.3) is 0 Å². The molecule has 3 N–H and O–H groups in total. The van der Waals surface area contributed by atoms with Crippen molar-refractivity contribution in [2.45, 2.75) is 31.7 Å². The number of aromatic nitrogens is 2. The topological polar surface area (TPSA) is 75.0 Å². The standard InChI is InChI=1S/C11H18N4O.2ClH/c1-8(12)11(16)15-6-2-9(3-7-15)10-13-4-5-14-10;;/h4-5,8-9H,2-3,6-7,12H2,1H3,(H,13,14);2*1H/t8-;;/m1../s1. The molecule has 0 aliphatic carbocycles. The average molecular weight is 295 g/mol. The third-order valence-corrected chi connectivity index (χ3v) is 3.10. The van der Waals surface area contributed by atoms with Gasteiger partial charge in [-0.15, -0.1) is 24.8 Å². The third-order valence-electron chi connectivity index (χ3n) is 3.10. The first-order valence-corrected chi connectivity index (χ1v) is 5.72. The van der Waals surface area contributed by atoms with Crippen LogP contribution in [0, 0.1) is 0 Å². The number of nitrogens with zero attached hydrogens (tertiary/aromatic N) is 2. The zero-order valence-electron chi connectivity index (χ0n) is 10.3. The van der Waals surface area contributed by atoms with Gasteiger partial charge in [-0.25, -0.2) is 4.98 Å². The van der Waals surface area contributed by atoms with Crippen LogP contribution in [0.2, 0.25) is 0 Å². The Morgan fingerprint density at radius 1 is 1.50 bits per heavy atom. The minimum Gasteiger partial charge on any atom is -0.348 e. The second kappa shape index (κ2) is 7.61. The van der Waals surface area contributed by atoms with E-state index >= 15 is 0 Å². The molecule has 1 aromatic heterocycles. The van der Waals surface area contributed by atoms with Crippen LogP contribution in [0.4, 0.5) is 0 Å². The maximum absolute atomic E-state index is 11.7. The molecule has 2 heterocycles. The number of H-pyrrole nitrogens is 1. The van der Waals surface area contributed by atoms with Gasteiger partial charge in [0.2, 0.25) is 5.91 Å². The summed E-state index contributed by atoms with van der Waals surface area (Å²) in [6.07, 6.45) is 5.54. The van der Waals surface area contributed by atoms with Crippen molar-refractivity contribution < 1.29 is 4.79 Å². The maximum atomic E-state index is 11.7. The Bertz CT molecular complexity index is 348. The molecule has 1 aliphatic rings. The second-order valence-corrected chi connectivity index (χ2v) is 4.36. The van der Waals surface area contributed by atoms with Crippen LogP contribution in [-0.4, -0.2) is 39.9 Å². The van der Waals surface area contributed by atoms with E-state index in [1.165, 1.54) is 0 Å². The van der Waals surface area contributed by atoms with Crippen molar-refractivity contribution >= 4 is 30.7 Å². The fraction of sp³-hybridized carbons (Fsp3) is 0.636. The molecule has 0 aromatic carbocycles. The van der Waals surface area contributed by atoms with Gasteiger partial charge in [0, 0.05) is 31.4 Å². The molecule has 0 bridgehead atoms. The van der Waals surface area contributed by atoms with E-state index < -0.39 is 0 Å². The predicted molar refractivity (Wildman–Crippen MR) is 75.3 cm³/mol. The van der Waals surface area contributed by atoms with Gasteiger partial charge >= 0.3 is 0 Å². The van der Waals surface area contributed by atoms with Crippen LogP contribution in [-0.2, 0) is 4.79 Å². The summed E-state index contributed by atoms with van der Waals surface area (Å²) >= 11 is 0. The number of carbonyl (C=O) groups excluding carboxylic acids is 1. The third kappa shape index (κ3) is 3.86. The van der Waals surface area contributed by atoms with E-state index in [1.54, 1.807) is 13.1 Å². The van der Waals surface area contributed by atoms with Gasteiger partial charge in [0.1, 0.15) is 5.82 Å². The van der Waals surface area contributed by atoms with Gasteiger partial charge in [-0.1, -0.05) is 0 Å². The number of carbonyl (C=O) groups is 1. The average Bonchev–Trinajstić information content (AvgIpc) is 2.81. The number of rotatable bonds is 2. The smallest absolute Gasteiger partial charge is 0.239 e. The number of imidazole rings is 1. The first-order chi connectivity index (χ1) is 7.68. The number of aromatic amines is 1. The molecule has 0 unspecified atom stereocenters. The first-order valence-electron chi connectivity index (χ1n) is 5.72. The van der Waals surface area contributed by atoms with Gasteiger partial charge in [-0.2, -0.15) is 0 Å². The number of piperidine rings is 1. The Morgan fingerprint density at radius 3 is 2.56 bits per heavy atom. The number of nitrogens with one attached hydrogen (secondary N) is 1. The SMILES string of the molecule is C[C@@H](N)C(=O)N1CCC(c2ncc[nH]2)CC1.Cl.Cl. The molecule has 0 saturated carbocycles. The molecule has 1 atom stereocenters. The molecule has 104 valence electrons. The quantitative estimate of drug-likeness (QED) is 0.863. The lowest BCUT2D eigenvalue weighted by atomic mass is 9.96. The van der Waals surface area contributed by atoms with E-state index in [4.69, 9.17) is 5.73 Å². The summed E-state index contributed by atoms with van der Waals surface area (Å²) in [5.41, 5.74) is 5.59. The summed E-state index contributed by atoms with van der Waals surface area (Å²) in [6.45, 7) is 3.30. The fourth-order valence-corrected chi connectivity index (χ4v) is 2.16. The summed E-state index contributed by atoms with van der Waals surface area (Å²) in [7, 11) is 0. The van der Waals surface area contributed by atoms with E-state index in [-0.39, 0.29) is 36.8 Å². The van der Waals surface area contributed by atoms with Crippen LogP contribution in [0.15, 0.2) is 12.4 Å². The molecule has 18 heavy (non-hydrogen) atoms. The Hall–Kier alpha value is -0.780. The number of halogens is 2. The first kappa shape index (κ1) is 17.2. The molecule has 1 amide bonds. The van der Waals surface area contributed by atoms with Crippen molar-refractivity contribution in [1.29, 1.82) is 0 Å².